The summed E-state index contributed by atoms with van der Waals surface area (Å²) in [6, 6.07) is 14.3. The van der Waals surface area contributed by atoms with E-state index in [0.717, 1.165) is 60.5 Å². The third-order valence-electron chi connectivity index (χ3n) is 6.28. The van der Waals surface area contributed by atoms with E-state index < -0.39 is 0 Å². The number of hydrogen-bond donors (Lipinski definition) is 0. The van der Waals surface area contributed by atoms with Crippen LogP contribution in [0.4, 0.5) is 5.69 Å². The van der Waals surface area contributed by atoms with Crippen LogP contribution in [0.15, 0.2) is 59.8 Å². The minimum Gasteiger partial charge on any atom is -0.497 e. The molecular formula is C25H29Cl2N5O2. The number of aryl methyl sites for hydroxylation is 1. The lowest BCUT2D eigenvalue weighted by atomic mass is 10.1. The van der Waals surface area contributed by atoms with Crippen LogP contribution in [0.2, 0.25) is 0 Å². The molecule has 0 radical (unpaired) electrons. The van der Waals surface area contributed by atoms with Gasteiger partial charge in [-0.25, -0.2) is 4.98 Å². The predicted molar refractivity (Wildman–Crippen MR) is 142 cm³/mol. The first kappa shape index (κ1) is 25.7. The Bertz CT molecular complexity index is 1320. The molecule has 1 aliphatic rings. The zero-order valence-electron chi connectivity index (χ0n) is 19.3. The Hall–Kier alpha value is -2.87. The Labute approximate surface area is 211 Å². The number of ether oxygens (including phenoxy) is 1. The van der Waals surface area contributed by atoms with Gasteiger partial charge in [-0.1, -0.05) is 11.6 Å². The highest BCUT2D eigenvalue weighted by Crippen LogP contribution is 2.22. The van der Waals surface area contributed by atoms with Gasteiger partial charge in [0.05, 0.1) is 29.9 Å². The largest absolute Gasteiger partial charge is 0.497 e. The zero-order valence-corrected chi connectivity index (χ0v) is 20.9. The molecule has 0 atom stereocenters. The molecule has 1 saturated heterocycles. The van der Waals surface area contributed by atoms with E-state index in [-0.39, 0.29) is 30.4 Å². The maximum Gasteiger partial charge on any atom is 0.262 e. The molecule has 0 saturated carbocycles. The van der Waals surface area contributed by atoms with E-state index in [4.69, 9.17) is 4.74 Å². The van der Waals surface area contributed by atoms with Gasteiger partial charge in [0.25, 0.3) is 5.56 Å². The third kappa shape index (κ3) is 5.12. The zero-order chi connectivity index (χ0) is 22.1. The van der Waals surface area contributed by atoms with Crippen molar-refractivity contribution in [3.63, 3.8) is 0 Å². The first-order valence-electron chi connectivity index (χ1n) is 11.0. The van der Waals surface area contributed by atoms with Crippen molar-refractivity contribution in [1.82, 2.24) is 19.4 Å². The van der Waals surface area contributed by atoms with Crippen molar-refractivity contribution in [2.75, 3.05) is 44.7 Å². The number of methoxy groups -OCH3 is 1. The number of piperazine rings is 1. The van der Waals surface area contributed by atoms with Gasteiger partial charge in [-0.2, -0.15) is 0 Å². The first-order valence-corrected chi connectivity index (χ1v) is 11.0. The standard InChI is InChI=1S/C25H27N5O2.2ClH/c1-18-3-8-23-21(15-18)24-22(16-26-23)25(31)30(17-27-24)14-11-28-9-12-29(13-10-28)19-4-6-20(32-2)7-5-19;;/h3-8,15-17H,9-14H2,1-2H3;2*1H. The van der Waals surface area contributed by atoms with E-state index in [1.165, 1.54) is 5.69 Å². The van der Waals surface area contributed by atoms with Crippen LogP contribution in [0.5, 0.6) is 5.75 Å². The maximum atomic E-state index is 13.1. The Kier molecular flexibility index (Phi) is 8.36. The fraction of sp³-hybridized carbons (Fsp3) is 0.320. The number of rotatable bonds is 5. The molecule has 3 heterocycles. The smallest absolute Gasteiger partial charge is 0.262 e. The van der Waals surface area contributed by atoms with Crippen LogP contribution in [0.25, 0.3) is 21.8 Å². The van der Waals surface area contributed by atoms with Crippen molar-refractivity contribution in [3.8, 4) is 5.75 Å². The lowest BCUT2D eigenvalue weighted by Gasteiger charge is -2.36. The molecule has 0 unspecified atom stereocenters. The highest BCUT2D eigenvalue weighted by atomic mass is 35.5. The van der Waals surface area contributed by atoms with Gasteiger partial charge >= 0.3 is 0 Å². The molecule has 4 aromatic rings. The van der Waals surface area contributed by atoms with E-state index in [9.17, 15) is 4.79 Å². The Morgan fingerprint density at radius 3 is 2.35 bits per heavy atom. The second-order valence-corrected chi connectivity index (χ2v) is 8.31. The summed E-state index contributed by atoms with van der Waals surface area (Å²) < 4.78 is 6.96. The van der Waals surface area contributed by atoms with Gasteiger partial charge < -0.3 is 9.64 Å². The van der Waals surface area contributed by atoms with Crippen molar-refractivity contribution < 1.29 is 4.74 Å². The number of halogens is 2. The fourth-order valence-corrected chi connectivity index (χ4v) is 4.35. The molecule has 7 nitrogen and oxygen atoms in total. The second-order valence-electron chi connectivity index (χ2n) is 8.31. The molecule has 2 aromatic carbocycles. The summed E-state index contributed by atoms with van der Waals surface area (Å²) in [5.74, 6) is 0.875. The summed E-state index contributed by atoms with van der Waals surface area (Å²) in [6.07, 6.45) is 3.34. The molecule has 1 aliphatic heterocycles. The summed E-state index contributed by atoms with van der Waals surface area (Å²) in [5.41, 5.74) is 3.92. The highest BCUT2D eigenvalue weighted by molar-refractivity contribution is 6.02. The molecule has 0 spiro atoms. The van der Waals surface area contributed by atoms with Crippen molar-refractivity contribution >= 4 is 52.3 Å². The minimum atomic E-state index is -0.0252. The molecule has 180 valence electrons. The van der Waals surface area contributed by atoms with E-state index in [1.54, 1.807) is 24.2 Å². The first-order chi connectivity index (χ1) is 15.6. The molecule has 9 heteroatoms. The number of hydrogen-bond acceptors (Lipinski definition) is 6. The number of nitrogens with zero attached hydrogens (tertiary/aromatic N) is 5. The molecular weight excluding hydrogens is 473 g/mol. The normalized spacial score (nSPS) is 14.0. The number of pyridine rings is 1. The third-order valence-corrected chi connectivity index (χ3v) is 6.28. The molecule has 34 heavy (non-hydrogen) atoms. The van der Waals surface area contributed by atoms with Crippen LogP contribution in [0.1, 0.15) is 5.56 Å². The maximum absolute atomic E-state index is 13.1. The van der Waals surface area contributed by atoms with Gasteiger partial charge in [-0.15, -0.1) is 24.8 Å². The van der Waals surface area contributed by atoms with Gasteiger partial charge in [-0.05, 0) is 43.3 Å². The monoisotopic (exact) mass is 501 g/mol. The van der Waals surface area contributed by atoms with E-state index in [2.05, 4.69) is 31.9 Å². The SMILES string of the molecule is COc1ccc(N2CCN(CCn3cnc4c(cnc5ccc(C)cc54)c3=O)CC2)cc1.Cl.Cl. The van der Waals surface area contributed by atoms with Crippen LogP contribution in [0, 0.1) is 6.92 Å². The summed E-state index contributed by atoms with van der Waals surface area (Å²) in [6.45, 7) is 7.34. The average molecular weight is 502 g/mol. The lowest BCUT2D eigenvalue weighted by Crippen LogP contribution is -2.47. The molecule has 2 aromatic heterocycles. The Morgan fingerprint density at radius 1 is 0.912 bits per heavy atom. The average Bonchev–Trinajstić information content (AvgIpc) is 2.84. The quantitative estimate of drug-likeness (QED) is 0.386. The molecule has 0 N–H and O–H groups in total. The summed E-state index contributed by atoms with van der Waals surface area (Å²) >= 11 is 0. The van der Waals surface area contributed by atoms with E-state index in [0.29, 0.717) is 11.9 Å². The molecule has 5 rings (SSSR count). The van der Waals surface area contributed by atoms with Gasteiger partial charge in [0, 0.05) is 56.5 Å². The lowest BCUT2D eigenvalue weighted by molar-refractivity contribution is 0.247. The second kappa shape index (κ2) is 11.0. The topological polar surface area (TPSA) is 63.5 Å². The van der Waals surface area contributed by atoms with Crippen LogP contribution >= 0.6 is 24.8 Å². The van der Waals surface area contributed by atoms with Gasteiger partial charge in [0.1, 0.15) is 5.75 Å². The fourth-order valence-electron chi connectivity index (χ4n) is 4.35. The summed E-state index contributed by atoms with van der Waals surface area (Å²) in [4.78, 5) is 27.0. The van der Waals surface area contributed by atoms with Crippen molar-refractivity contribution in [2.24, 2.45) is 0 Å². The van der Waals surface area contributed by atoms with E-state index in [1.807, 2.05) is 37.3 Å². The molecule has 0 bridgehead atoms. The van der Waals surface area contributed by atoms with Gasteiger partial charge in [-0.3, -0.25) is 19.2 Å². The van der Waals surface area contributed by atoms with Crippen LogP contribution in [-0.2, 0) is 6.54 Å². The van der Waals surface area contributed by atoms with Crippen molar-refractivity contribution in [2.45, 2.75) is 13.5 Å². The molecule has 1 fully saturated rings. The molecule has 0 amide bonds. The predicted octanol–water partition coefficient (Wildman–Crippen LogP) is 3.93. The number of aromatic nitrogens is 3. The summed E-state index contributed by atoms with van der Waals surface area (Å²) in [7, 11) is 1.68. The van der Waals surface area contributed by atoms with E-state index >= 15 is 0 Å². The minimum absolute atomic E-state index is 0. The Morgan fingerprint density at radius 2 is 1.65 bits per heavy atom. The highest BCUT2D eigenvalue weighted by Gasteiger charge is 2.17. The number of anilines is 1. The van der Waals surface area contributed by atoms with Crippen LogP contribution in [0.3, 0.4) is 0 Å². The van der Waals surface area contributed by atoms with Crippen molar-refractivity contribution in [3.05, 3.63) is 70.9 Å². The number of benzene rings is 2. The van der Waals surface area contributed by atoms with Gasteiger partial charge in [0.15, 0.2) is 0 Å². The van der Waals surface area contributed by atoms with Crippen LogP contribution in [-0.4, -0.2) is 59.3 Å². The summed E-state index contributed by atoms with van der Waals surface area (Å²) in [5, 5.41) is 1.51. The molecule has 0 aliphatic carbocycles. The van der Waals surface area contributed by atoms with Crippen LogP contribution < -0.4 is 15.2 Å². The van der Waals surface area contributed by atoms with Crippen molar-refractivity contribution in [1.29, 1.82) is 0 Å². The number of fused-ring (bicyclic) bond motifs is 3. The van der Waals surface area contributed by atoms with Gasteiger partial charge in [0.2, 0.25) is 0 Å². The Balaban J connectivity index is 0.00000162.